The highest BCUT2D eigenvalue weighted by Crippen LogP contribution is 2.30. The molecule has 38 heavy (non-hydrogen) atoms. The molecule has 2 aromatic carbocycles. The number of carbonyl (C=O) groups is 1. The van der Waals surface area contributed by atoms with Crippen molar-refractivity contribution in [2.24, 2.45) is 7.05 Å². The number of rotatable bonds is 10. The van der Waals surface area contributed by atoms with Crippen LogP contribution >= 0.6 is 0 Å². The van der Waals surface area contributed by atoms with E-state index >= 15 is 0 Å². The van der Waals surface area contributed by atoms with Crippen LogP contribution in [0.5, 0.6) is 5.75 Å². The number of methoxy groups -OCH3 is 1. The van der Waals surface area contributed by atoms with Crippen LogP contribution in [0.1, 0.15) is 47.6 Å². The molecule has 3 aromatic rings. The molecule has 0 unspecified atom stereocenters. The Kier molecular flexibility index (Phi) is 8.57. The number of ketones is 1. The third-order valence-electron chi connectivity index (χ3n) is 7.38. The molecule has 0 bridgehead atoms. The van der Waals surface area contributed by atoms with E-state index in [0.717, 1.165) is 37.2 Å². The number of hydrogen-bond donors (Lipinski definition) is 0. The van der Waals surface area contributed by atoms with Gasteiger partial charge in [0.2, 0.25) is 10.0 Å². The van der Waals surface area contributed by atoms with Crippen LogP contribution in [0.2, 0.25) is 0 Å². The van der Waals surface area contributed by atoms with Gasteiger partial charge in [-0.3, -0.25) is 4.79 Å². The molecular formula is C29H38N4O4S. The van der Waals surface area contributed by atoms with E-state index < -0.39 is 10.0 Å². The highest BCUT2D eigenvalue weighted by atomic mass is 32.2. The van der Waals surface area contributed by atoms with Crippen molar-refractivity contribution in [1.82, 2.24) is 13.9 Å². The molecule has 0 radical (unpaired) electrons. The van der Waals surface area contributed by atoms with Crippen molar-refractivity contribution in [2.45, 2.75) is 50.3 Å². The number of nitrogens with zero attached hydrogens (tertiary/aromatic N) is 4. The molecular weight excluding hydrogens is 500 g/mol. The predicted molar refractivity (Wildman–Crippen MR) is 149 cm³/mol. The second-order valence-corrected chi connectivity index (χ2v) is 12.3. The summed E-state index contributed by atoms with van der Waals surface area (Å²) in [6, 6.07) is 11.6. The Bertz CT molecular complexity index is 1350. The van der Waals surface area contributed by atoms with Gasteiger partial charge in [-0.15, -0.1) is 0 Å². The van der Waals surface area contributed by atoms with Gasteiger partial charge in [0.1, 0.15) is 11.5 Å². The van der Waals surface area contributed by atoms with Crippen molar-refractivity contribution >= 4 is 21.5 Å². The van der Waals surface area contributed by atoms with E-state index in [2.05, 4.69) is 28.2 Å². The number of imidazole rings is 1. The van der Waals surface area contributed by atoms with Crippen molar-refractivity contribution in [1.29, 1.82) is 0 Å². The second kappa shape index (κ2) is 11.7. The van der Waals surface area contributed by atoms with E-state index in [9.17, 15) is 13.2 Å². The molecule has 204 valence electrons. The standard InChI is InChI=1S/C29H38N4O4S/c1-21-16-27(37-5)17-22(2)29(21)38(35,36)32(4)13-12-26(34)18-23-6-8-25(9-7-23)33-14-10-24(11-15-33)28-19-31(3)20-30-28/h6-9,16-17,19-20,24H,10-15,18H2,1-5H3. The summed E-state index contributed by atoms with van der Waals surface area (Å²) >= 11 is 0. The normalized spacial score (nSPS) is 14.7. The summed E-state index contributed by atoms with van der Waals surface area (Å²) in [5.41, 5.74) is 4.53. The lowest BCUT2D eigenvalue weighted by atomic mass is 9.93. The Hall–Kier alpha value is -3.17. The van der Waals surface area contributed by atoms with E-state index in [1.54, 1.807) is 33.1 Å². The predicted octanol–water partition coefficient (Wildman–Crippen LogP) is 4.25. The molecule has 0 saturated carbocycles. The van der Waals surface area contributed by atoms with Gasteiger partial charge in [0.05, 0.1) is 24.0 Å². The molecule has 8 nitrogen and oxygen atoms in total. The molecule has 9 heteroatoms. The first kappa shape index (κ1) is 27.9. The molecule has 0 spiro atoms. The minimum Gasteiger partial charge on any atom is -0.497 e. The molecule has 4 rings (SSSR count). The largest absolute Gasteiger partial charge is 0.497 e. The summed E-state index contributed by atoms with van der Waals surface area (Å²) in [7, 11) is 1.37. The topological polar surface area (TPSA) is 84.7 Å². The number of Topliss-reactive ketones (excluding diaryl/α,β-unsaturated/α-hetero) is 1. The number of sulfonamides is 1. The summed E-state index contributed by atoms with van der Waals surface area (Å²) in [6.45, 7) is 5.61. The van der Waals surface area contributed by atoms with Crippen LogP contribution in [0.15, 0.2) is 53.8 Å². The maximum Gasteiger partial charge on any atom is 0.243 e. The average molecular weight is 539 g/mol. The summed E-state index contributed by atoms with van der Waals surface area (Å²) < 4.78 is 34.9. The zero-order valence-corrected chi connectivity index (χ0v) is 23.8. The lowest BCUT2D eigenvalue weighted by molar-refractivity contribution is -0.118. The number of hydrogen-bond acceptors (Lipinski definition) is 6. The maximum absolute atomic E-state index is 13.2. The highest BCUT2D eigenvalue weighted by molar-refractivity contribution is 7.89. The van der Waals surface area contributed by atoms with Gasteiger partial charge in [0.25, 0.3) is 0 Å². The highest BCUT2D eigenvalue weighted by Gasteiger charge is 2.26. The van der Waals surface area contributed by atoms with Gasteiger partial charge in [-0.05, 0) is 67.6 Å². The summed E-state index contributed by atoms with van der Waals surface area (Å²) in [5.74, 6) is 1.14. The Labute approximate surface area is 226 Å². The Morgan fingerprint density at radius 2 is 1.74 bits per heavy atom. The van der Waals surface area contributed by atoms with Crippen molar-refractivity contribution < 1.29 is 17.9 Å². The zero-order valence-electron chi connectivity index (χ0n) is 23.0. The van der Waals surface area contributed by atoms with Gasteiger partial charge in [-0.25, -0.2) is 17.7 Å². The minimum absolute atomic E-state index is 0.0131. The van der Waals surface area contributed by atoms with Gasteiger partial charge in [0, 0.05) is 64.4 Å². The quantitative estimate of drug-likeness (QED) is 0.384. The van der Waals surface area contributed by atoms with Crippen molar-refractivity contribution in [3.8, 4) is 5.75 Å². The fourth-order valence-corrected chi connectivity index (χ4v) is 6.79. The van der Waals surface area contributed by atoms with Crippen LogP contribution in [0.3, 0.4) is 0 Å². The number of aryl methyl sites for hydroxylation is 3. The Morgan fingerprint density at radius 3 is 2.29 bits per heavy atom. The van der Waals surface area contributed by atoms with Crippen molar-refractivity contribution in [3.63, 3.8) is 0 Å². The molecule has 1 saturated heterocycles. The first-order chi connectivity index (χ1) is 18.1. The monoisotopic (exact) mass is 538 g/mol. The molecule has 0 N–H and O–H groups in total. The lowest BCUT2D eigenvalue weighted by Gasteiger charge is -2.33. The molecule has 1 aromatic heterocycles. The maximum atomic E-state index is 13.2. The van der Waals surface area contributed by atoms with E-state index in [1.807, 2.05) is 30.1 Å². The number of anilines is 1. The lowest BCUT2D eigenvalue weighted by Crippen LogP contribution is -2.32. The second-order valence-electron chi connectivity index (χ2n) is 10.3. The molecule has 1 fully saturated rings. The van der Waals surface area contributed by atoms with E-state index in [4.69, 9.17) is 4.74 Å². The van der Waals surface area contributed by atoms with Crippen LogP contribution in [0.25, 0.3) is 0 Å². The average Bonchev–Trinajstić information content (AvgIpc) is 3.33. The number of ether oxygens (including phenoxy) is 1. The smallest absolute Gasteiger partial charge is 0.243 e. The van der Waals surface area contributed by atoms with E-state index in [1.165, 1.54) is 17.0 Å². The van der Waals surface area contributed by atoms with Crippen LogP contribution in [-0.4, -0.2) is 61.8 Å². The van der Waals surface area contributed by atoms with Crippen LogP contribution in [0.4, 0.5) is 5.69 Å². The summed E-state index contributed by atoms with van der Waals surface area (Å²) in [4.78, 5) is 19.9. The van der Waals surface area contributed by atoms with Crippen molar-refractivity contribution in [3.05, 3.63) is 71.3 Å². The SMILES string of the molecule is COc1cc(C)c(S(=O)(=O)N(C)CCC(=O)Cc2ccc(N3CCC(c4cn(C)cn4)CC3)cc2)c(C)c1. The number of aromatic nitrogens is 2. The van der Waals surface area contributed by atoms with Gasteiger partial charge in [-0.1, -0.05) is 12.1 Å². The zero-order chi connectivity index (χ0) is 27.4. The Balaban J connectivity index is 1.29. The third-order valence-corrected chi connectivity index (χ3v) is 9.55. The molecule has 0 amide bonds. The molecule has 1 aliphatic heterocycles. The first-order valence-electron chi connectivity index (χ1n) is 13.0. The van der Waals surface area contributed by atoms with Gasteiger partial charge < -0.3 is 14.2 Å². The molecule has 2 heterocycles. The first-order valence-corrected chi connectivity index (χ1v) is 14.5. The van der Waals surface area contributed by atoms with Gasteiger partial charge in [-0.2, -0.15) is 0 Å². The minimum atomic E-state index is -3.72. The van der Waals surface area contributed by atoms with Crippen LogP contribution < -0.4 is 9.64 Å². The van der Waals surface area contributed by atoms with Crippen LogP contribution in [0, 0.1) is 13.8 Å². The number of carbonyl (C=O) groups excluding carboxylic acids is 1. The van der Waals surface area contributed by atoms with E-state index in [0.29, 0.717) is 22.8 Å². The molecule has 1 aliphatic rings. The Morgan fingerprint density at radius 1 is 1.11 bits per heavy atom. The molecule has 0 atom stereocenters. The molecule has 0 aliphatic carbocycles. The van der Waals surface area contributed by atoms with Gasteiger partial charge >= 0.3 is 0 Å². The third kappa shape index (κ3) is 6.27. The van der Waals surface area contributed by atoms with E-state index in [-0.39, 0.29) is 30.1 Å². The fraction of sp³-hybridized carbons (Fsp3) is 0.448. The fourth-order valence-electron chi connectivity index (χ4n) is 5.21. The van der Waals surface area contributed by atoms with Gasteiger partial charge in [0.15, 0.2) is 0 Å². The number of benzene rings is 2. The number of piperidine rings is 1. The van der Waals surface area contributed by atoms with Crippen LogP contribution in [-0.2, 0) is 28.3 Å². The summed E-state index contributed by atoms with van der Waals surface area (Å²) in [5, 5.41) is 0. The van der Waals surface area contributed by atoms with Crippen molar-refractivity contribution in [2.75, 3.05) is 38.7 Å². The summed E-state index contributed by atoms with van der Waals surface area (Å²) in [6.07, 6.45) is 6.57.